The van der Waals surface area contributed by atoms with E-state index in [9.17, 15) is 14.9 Å². The Morgan fingerprint density at radius 2 is 1.76 bits per heavy atom. The van der Waals surface area contributed by atoms with Crippen molar-refractivity contribution in [3.05, 3.63) is 117 Å². The van der Waals surface area contributed by atoms with E-state index in [1.165, 1.54) is 0 Å². The number of fused-ring (bicyclic) bond motifs is 1. The van der Waals surface area contributed by atoms with Gasteiger partial charge in [0.2, 0.25) is 6.54 Å². The molecule has 0 bridgehead atoms. The summed E-state index contributed by atoms with van der Waals surface area (Å²) in [5.41, 5.74) is 3.91. The molecule has 0 saturated heterocycles. The van der Waals surface area contributed by atoms with Crippen molar-refractivity contribution in [3.8, 4) is 5.75 Å². The number of carbonyl (C=O) groups excluding carboxylic acids is 1. The second-order valence-electron chi connectivity index (χ2n) is 8.68. The number of aromatic nitrogens is 1. The molecule has 4 rings (SSSR count). The monoisotopic (exact) mass is 530 g/mol. The van der Waals surface area contributed by atoms with Crippen LogP contribution < -0.4 is 4.74 Å². The molecule has 0 fully saturated rings. The zero-order valence-electron chi connectivity index (χ0n) is 20.9. The van der Waals surface area contributed by atoms with Gasteiger partial charge in [-0.25, -0.2) is 4.98 Å². The Balaban J connectivity index is 1.58. The number of nitrogens with zero attached hydrogens (tertiary/aromatic N) is 2. The molecule has 0 N–H and O–H groups in total. The van der Waals surface area contributed by atoms with Crippen molar-refractivity contribution in [2.75, 3.05) is 13.2 Å². The van der Waals surface area contributed by atoms with Crippen LogP contribution in [0.1, 0.15) is 30.2 Å². The molecular formula is C30H27ClN2O5. The molecule has 0 aliphatic carbocycles. The Bertz CT molecular complexity index is 1440. The number of carbonyl (C=O) groups is 1. The Morgan fingerprint density at radius 3 is 2.47 bits per heavy atom. The first-order valence-corrected chi connectivity index (χ1v) is 12.6. The van der Waals surface area contributed by atoms with Crippen LogP contribution in [0.2, 0.25) is 5.02 Å². The van der Waals surface area contributed by atoms with Crippen LogP contribution in [-0.4, -0.2) is 29.0 Å². The maximum atomic E-state index is 12.3. The van der Waals surface area contributed by atoms with Gasteiger partial charge in [0.25, 0.3) is 0 Å². The highest BCUT2D eigenvalue weighted by molar-refractivity contribution is 6.30. The minimum absolute atomic E-state index is 0.111. The lowest BCUT2D eigenvalue weighted by Gasteiger charge is -2.18. The second-order valence-corrected chi connectivity index (χ2v) is 9.12. The van der Waals surface area contributed by atoms with Gasteiger partial charge in [0.1, 0.15) is 12.4 Å². The summed E-state index contributed by atoms with van der Waals surface area (Å²) in [7, 11) is 0. The van der Waals surface area contributed by atoms with Gasteiger partial charge in [-0.2, -0.15) is 0 Å². The predicted octanol–water partition coefficient (Wildman–Crippen LogP) is 6.85. The lowest BCUT2D eigenvalue weighted by Crippen LogP contribution is -2.21. The Labute approximate surface area is 225 Å². The molecule has 194 valence electrons. The van der Waals surface area contributed by atoms with E-state index in [4.69, 9.17) is 21.1 Å². The van der Waals surface area contributed by atoms with Gasteiger partial charge in [-0.3, -0.25) is 14.9 Å². The number of ether oxygens (including phenoxy) is 2. The van der Waals surface area contributed by atoms with E-state index < -0.39 is 23.4 Å². The number of hydrogen-bond acceptors (Lipinski definition) is 6. The molecular weight excluding hydrogens is 504 g/mol. The average Bonchev–Trinajstić information content (AvgIpc) is 2.91. The molecule has 0 aliphatic heterocycles. The van der Waals surface area contributed by atoms with E-state index in [0.717, 1.165) is 27.7 Å². The first kappa shape index (κ1) is 26.8. The fourth-order valence-corrected chi connectivity index (χ4v) is 4.26. The molecule has 0 aliphatic rings. The number of hydrogen-bond donors (Lipinski definition) is 0. The van der Waals surface area contributed by atoms with Gasteiger partial charge in [-0.1, -0.05) is 66.2 Å². The van der Waals surface area contributed by atoms with Crippen molar-refractivity contribution >= 4 is 40.1 Å². The Kier molecular flexibility index (Phi) is 9.06. The molecule has 0 saturated carbocycles. The van der Waals surface area contributed by atoms with Crippen molar-refractivity contribution in [1.82, 2.24) is 4.98 Å². The largest absolute Gasteiger partial charge is 0.487 e. The molecule has 3 aromatic carbocycles. The van der Waals surface area contributed by atoms with Gasteiger partial charge >= 0.3 is 5.97 Å². The first-order chi connectivity index (χ1) is 18.4. The lowest BCUT2D eigenvalue weighted by molar-refractivity contribution is -0.485. The van der Waals surface area contributed by atoms with Gasteiger partial charge in [0.05, 0.1) is 30.2 Å². The molecule has 38 heavy (non-hydrogen) atoms. The summed E-state index contributed by atoms with van der Waals surface area (Å²) in [5, 5.41) is 13.2. The summed E-state index contributed by atoms with van der Waals surface area (Å²) in [5.74, 6) is -0.539. The molecule has 0 spiro atoms. The minimum Gasteiger partial charge on any atom is -0.487 e. The number of rotatable bonds is 11. The number of halogens is 1. The zero-order chi connectivity index (χ0) is 26.9. The van der Waals surface area contributed by atoms with Crippen molar-refractivity contribution in [1.29, 1.82) is 0 Å². The van der Waals surface area contributed by atoms with Crippen LogP contribution in [0.5, 0.6) is 5.75 Å². The van der Waals surface area contributed by atoms with Gasteiger partial charge < -0.3 is 9.47 Å². The number of para-hydroxylation sites is 1. The smallest absolute Gasteiger partial charge is 0.306 e. The third kappa shape index (κ3) is 7.40. The third-order valence-electron chi connectivity index (χ3n) is 5.95. The fraction of sp³-hybridized carbons (Fsp3) is 0.200. The van der Waals surface area contributed by atoms with E-state index in [-0.39, 0.29) is 13.0 Å². The van der Waals surface area contributed by atoms with Gasteiger partial charge in [0, 0.05) is 15.3 Å². The van der Waals surface area contributed by atoms with Gasteiger partial charge in [-0.15, -0.1) is 0 Å². The van der Waals surface area contributed by atoms with Gasteiger partial charge in [-0.05, 0) is 60.0 Å². The van der Waals surface area contributed by atoms with E-state index in [2.05, 4.69) is 4.98 Å². The topological polar surface area (TPSA) is 91.6 Å². The summed E-state index contributed by atoms with van der Waals surface area (Å²) in [4.78, 5) is 28.1. The van der Waals surface area contributed by atoms with E-state index in [1.807, 2.05) is 66.7 Å². The Morgan fingerprint density at radius 1 is 1.03 bits per heavy atom. The van der Waals surface area contributed by atoms with Crippen LogP contribution in [0.3, 0.4) is 0 Å². The van der Waals surface area contributed by atoms with E-state index in [1.54, 1.807) is 31.2 Å². The molecule has 1 unspecified atom stereocenters. The standard InChI is InChI=1S/C30H27ClN2O5/c1-2-37-30(34)18-24(19-33(35)36)28(17-21-7-12-25(31)13-8-21)22-10-15-27(16-11-22)38-20-26-14-9-23-5-3-4-6-29(23)32-26/h3-17,24H,2,18-20H2,1H3. The van der Waals surface area contributed by atoms with Crippen LogP contribution >= 0.6 is 11.6 Å². The van der Waals surface area contributed by atoms with Crippen LogP contribution in [0, 0.1) is 16.0 Å². The lowest BCUT2D eigenvalue weighted by atomic mass is 9.88. The minimum atomic E-state index is -0.687. The highest BCUT2D eigenvalue weighted by Gasteiger charge is 2.25. The van der Waals surface area contributed by atoms with Crippen molar-refractivity contribution in [3.63, 3.8) is 0 Å². The SMILES string of the molecule is CCOC(=O)CC(C[N+](=O)[O-])C(=Cc1ccc(Cl)cc1)c1ccc(OCc2ccc3ccccc3n2)cc1. The maximum absolute atomic E-state index is 12.3. The molecule has 8 heteroatoms. The van der Waals surface area contributed by atoms with Crippen molar-refractivity contribution < 1.29 is 19.2 Å². The third-order valence-corrected chi connectivity index (χ3v) is 6.20. The van der Waals surface area contributed by atoms with E-state index in [0.29, 0.717) is 23.0 Å². The second kappa shape index (κ2) is 12.8. The summed E-state index contributed by atoms with van der Waals surface area (Å²) in [6.07, 6.45) is 1.73. The number of nitro groups is 1. The average molecular weight is 531 g/mol. The van der Waals surface area contributed by atoms with Crippen molar-refractivity contribution in [2.45, 2.75) is 20.0 Å². The summed E-state index contributed by atoms with van der Waals surface area (Å²) < 4.78 is 11.0. The normalized spacial score (nSPS) is 12.2. The highest BCUT2D eigenvalue weighted by atomic mass is 35.5. The summed E-state index contributed by atoms with van der Waals surface area (Å²) in [6.45, 7) is 1.80. The summed E-state index contributed by atoms with van der Waals surface area (Å²) >= 11 is 6.03. The number of esters is 1. The van der Waals surface area contributed by atoms with E-state index >= 15 is 0 Å². The zero-order valence-corrected chi connectivity index (χ0v) is 21.6. The molecule has 0 radical (unpaired) electrons. The molecule has 1 atom stereocenters. The molecule has 0 amide bonds. The molecule has 7 nitrogen and oxygen atoms in total. The van der Waals surface area contributed by atoms with Crippen LogP contribution in [-0.2, 0) is 16.1 Å². The van der Waals surface area contributed by atoms with Crippen molar-refractivity contribution in [2.24, 2.45) is 5.92 Å². The van der Waals surface area contributed by atoms with Crippen LogP contribution in [0.15, 0.2) is 84.9 Å². The quantitative estimate of drug-likeness (QED) is 0.0910. The van der Waals surface area contributed by atoms with Crippen LogP contribution in [0.4, 0.5) is 0 Å². The number of benzene rings is 3. The van der Waals surface area contributed by atoms with Crippen LogP contribution in [0.25, 0.3) is 22.6 Å². The fourth-order valence-electron chi connectivity index (χ4n) is 4.14. The highest BCUT2D eigenvalue weighted by Crippen LogP contribution is 2.31. The Hall–Kier alpha value is -4.23. The molecule has 1 heterocycles. The van der Waals surface area contributed by atoms with Gasteiger partial charge in [0.15, 0.2) is 0 Å². The summed E-state index contributed by atoms with van der Waals surface area (Å²) in [6, 6.07) is 26.3. The molecule has 1 aromatic heterocycles. The predicted molar refractivity (Wildman–Crippen MR) is 148 cm³/mol. The number of pyridine rings is 1. The maximum Gasteiger partial charge on any atom is 0.306 e. The molecule has 4 aromatic rings. The first-order valence-electron chi connectivity index (χ1n) is 12.2.